The van der Waals surface area contributed by atoms with E-state index in [0.29, 0.717) is 22.9 Å². The van der Waals surface area contributed by atoms with Crippen LogP contribution < -0.4 is 10.1 Å². The molecule has 0 aliphatic carbocycles. The molecule has 1 N–H and O–H groups in total. The molecule has 0 bridgehead atoms. The Bertz CT molecular complexity index is 824. The Hall–Kier alpha value is -2.82. The molecule has 1 heterocycles. The quantitative estimate of drug-likeness (QED) is 0.800. The molecule has 2 aromatic carbocycles. The van der Waals surface area contributed by atoms with Crippen molar-refractivity contribution in [2.45, 2.75) is 13.8 Å². The molecule has 1 aromatic heterocycles. The molecule has 1 amide bonds. The van der Waals surface area contributed by atoms with Crippen LogP contribution >= 0.6 is 0 Å². The number of carbonyl (C=O) groups excluding carboxylic acids is 1. The van der Waals surface area contributed by atoms with Crippen LogP contribution in [0.1, 0.15) is 11.5 Å². The number of benzene rings is 2. The first-order valence-electron chi connectivity index (χ1n) is 6.97. The molecule has 0 radical (unpaired) electrons. The van der Waals surface area contributed by atoms with Crippen molar-refractivity contribution in [3.05, 3.63) is 53.9 Å². The Morgan fingerprint density at radius 1 is 1.23 bits per heavy atom. The molecule has 3 rings (SSSR count). The summed E-state index contributed by atoms with van der Waals surface area (Å²) < 4.78 is 10.9. The highest BCUT2D eigenvalue weighted by Crippen LogP contribution is 2.20. The predicted molar refractivity (Wildman–Crippen MR) is 84.0 cm³/mol. The summed E-state index contributed by atoms with van der Waals surface area (Å²) in [6, 6.07) is 12.9. The Morgan fingerprint density at radius 3 is 2.91 bits per heavy atom. The summed E-state index contributed by atoms with van der Waals surface area (Å²) in [5.74, 6) is 1.05. The predicted octanol–water partition coefficient (Wildman–Crippen LogP) is 3.46. The first-order valence-corrected chi connectivity index (χ1v) is 6.97. The van der Waals surface area contributed by atoms with Crippen molar-refractivity contribution in [2.75, 3.05) is 11.9 Å². The molecule has 5 heteroatoms. The zero-order chi connectivity index (χ0) is 15.5. The number of ether oxygens (including phenoxy) is 1. The summed E-state index contributed by atoms with van der Waals surface area (Å²) in [5, 5.41) is 2.78. The van der Waals surface area contributed by atoms with Crippen molar-refractivity contribution < 1.29 is 13.9 Å². The zero-order valence-corrected chi connectivity index (χ0v) is 12.4. The summed E-state index contributed by atoms with van der Waals surface area (Å²) >= 11 is 0. The summed E-state index contributed by atoms with van der Waals surface area (Å²) in [6.07, 6.45) is 0. The van der Waals surface area contributed by atoms with Gasteiger partial charge in [0.15, 0.2) is 18.1 Å². The highest BCUT2D eigenvalue weighted by atomic mass is 16.5. The topological polar surface area (TPSA) is 64.4 Å². The van der Waals surface area contributed by atoms with E-state index >= 15 is 0 Å². The van der Waals surface area contributed by atoms with Crippen molar-refractivity contribution in [3.63, 3.8) is 0 Å². The van der Waals surface area contributed by atoms with Gasteiger partial charge in [-0.3, -0.25) is 4.79 Å². The van der Waals surface area contributed by atoms with E-state index in [2.05, 4.69) is 10.3 Å². The molecule has 0 saturated heterocycles. The number of fused-ring (bicyclic) bond motifs is 1. The van der Waals surface area contributed by atoms with E-state index in [9.17, 15) is 4.79 Å². The van der Waals surface area contributed by atoms with Crippen LogP contribution in [0.25, 0.3) is 11.1 Å². The van der Waals surface area contributed by atoms with Gasteiger partial charge in [0.1, 0.15) is 11.3 Å². The van der Waals surface area contributed by atoms with Gasteiger partial charge in [-0.2, -0.15) is 0 Å². The highest BCUT2D eigenvalue weighted by Gasteiger charge is 2.07. The van der Waals surface area contributed by atoms with Gasteiger partial charge in [-0.1, -0.05) is 12.1 Å². The SMILES string of the molecule is Cc1cccc(OCC(=O)Nc2ccc3nc(C)oc3c2)c1. The van der Waals surface area contributed by atoms with E-state index in [0.717, 1.165) is 11.1 Å². The van der Waals surface area contributed by atoms with Gasteiger partial charge in [0, 0.05) is 18.7 Å². The minimum absolute atomic E-state index is 0.0447. The van der Waals surface area contributed by atoms with Crippen LogP contribution in [0.2, 0.25) is 0 Å². The highest BCUT2D eigenvalue weighted by molar-refractivity contribution is 5.93. The average molecular weight is 296 g/mol. The summed E-state index contributed by atoms with van der Waals surface area (Å²) in [4.78, 5) is 16.1. The first-order chi connectivity index (χ1) is 10.6. The molecule has 0 spiro atoms. The van der Waals surface area contributed by atoms with E-state index in [1.807, 2.05) is 37.3 Å². The van der Waals surface area contributed by atoms with E-state index in [-0.39, 0.29) is 12.5 Å². The van der Waals surface area contributed by atoms with Gasteiger partial charge in [-0.25, -0.2) is 4.98 Å². The second-order valence-electron chi connectivity index (χ2n) is 5.07. The number of anilines is 1. The average Bonchev–Trinajstić information content (AvgIpc) is 2.84. The zero-order valence-electron chi connectivity index (χ0n) is 12.4. The lowest BCUT2D eigenvalue weighted by molar-refractivity contribution is -0.118. The number of hydrogen-bond acceptors (Lipinski definition) is 4. The second-order valence-corrected chi connectivity index (χ2v) is 5.07. The third kappa shape index (κ3) is 3.25. The number of carbonyl (C=O) groups is 1. The van der Waals surface area contributed by atoms with Crippen molar-refractivity contribution in [2.24, 2.45) is 0 Å². The third-order valence-corrected chi connectivity index (χ3v) is 3.14. The van der Waals surface area contributed by atoms with Crippen LogP contribution in [0.5, 0.6) is 5.75 Å². The smallest absolute Gasteiger partial charge is 0.262 e. The minimum Gasteiger partial charge on any atom is -0.484 e. The number of nitrogens with zero attached hydrogens (tertiary/aromatic N) is 1. The number of aryl methyl sites for hydroxylation is 2. The van der Waals surface area contributed by atoms with Crippen LogP contribution in [0.15, 0.2) is 46.9 Å². The van der Waals surface area contributed by atoms with Crippen LogP contribution in [-0.4, -0.2) is 17.5 Å². The van der Waals surface area contributed by atoms with Gasteiger partial charge in [0.2, 0.25) is 0 Å². The summed E-state index contributed by atoms with van der Waals surface area (Å²) in [7, 11) is 0. The fourth-order valence-corrected chi connectivity index (χ4v) is 2.17. The monoisotopic (exact) mass is 296 g/mol. The molecule has 0 saturated carbocycles. The normalized spacial score (nSPS) is 10.6. The van der Waals surface area contributed by atoms with Crippen LogP contribution in [-0.2, 0) is 4.79 Å². The Balaban J connectivity index is 1.62. The molecule has 0 aliphatic rings. The number of oxazole rings is 1. The van der Waals surface area contributed by atoms with E-state index in [4.69, 9.17) is 9.15 Å². The molecular formula is C17H16N2O3. The van der Waals surface area contributed by atoms with Gasteiger partial charge >= 0.3 is 0 Å². The number of nitrogens with one attached hydrogen (secondary N) is 1. The van der Waals surface area contributed by atoms with Gasteiger partial charge in [0.25, 0.3) is 5.91 Å². The van der Waals surface area contributed by atoms with Crippen molar-refractivity contribution >= 4 is 22.7 Å². The van der Waals surface area contributed by atoms with Gasteiger partial charge < -0.3 is 14.5 Å². The van der Waals surface area contributed by atoms with Crippen molar-refractivity contribution in [1.29, 1.82) is 0 Å². The number of rotatable bonds is 4. The first kappa shape index (κ1) is 14.1. The molecule has 0 fully saturated rings. The van der Waals surface area contributed by atoms with Crippen LogP contribution in [0.3, 0.4) is 0 Å². The Morgan fingerprint density at radius 2 is 2.09 bits per heavy atom. The lowest BCUT2D eigenvalue weighted by Gasteiger charge is -2.07. The molecule has 0 aliphatic heterocycles. The molecule has 112 valence electrons. The molecule has 0 unspecified atom stereocenters. The molecule has 22 heavy (non-hydrogen) atoms. The fourth-order valence-electron chi connectivity index (χ4n) is 2.17. The lowest BCUT2D eigenvalue weighted by Crippen LogP contribution is -2.20. The number of aromatic nitrogens is 1. The molecule has 0 atom stereocenters. The van der Waals surface area contributed by atoms with Gasteiger partial charge in [-0.15, -0.1) is 0 Å². The number of hydrogen-bond donors (Lipinski definition) is 1. The summed E-state index contributed by atoms with van der Waals surface area (Å²) in [5.41, 5.74) is 3.16. The Kier molecular flexibility index (Phi) is 3.78. The second kappa shape index (κ2) is 5.89. The van der Waals surface area contributed by atoms with E-state index in [1.54, 1.807) is 19.1 Å². The van der Waals surface area contributed by atoms with Gasteiger partial charge in [0.05, 0.1) is 0 Å². The lowest BCUT2D eigenvalue weighted by atomic mass is 10.2. The third-order valence-electron chi connectivity index (χ3n) is 3.14. The largest absolute Gasteiger partial charge is 0.484 e. The van der Waals surface area contributed by atoms with Crippen molar-refractivity contribution in [1.82, 2.24) is 4.98 Å². The van der Waals surface area contributed by atoms with E-state index in [1.165, 1.54) is 0 Å². The standard InChI is InChI=1S/C17H16N2O3/c1-11-4-3-5-14(8-11)21-10-17(20)19-13-6-7-15-16(9-13)22-12(2)18-15/h3-9H,10H2,1-2H3,(H,19,20). The maximum Gasteiger partial charge on any atom is 0.262 e. The van der Waals surface area contributed by atoms with Gasteiger partial charge in [-0.05, 0) is 36.8 Å². The molecule has 3 aromatic rings. The maximum absolute atomic E-state index is 11.9. The minimum atomic E-state index is -0.225. The molecular weight excluding hydrogens is 280 g/mol. The van der Waals surface area contributed by atoms with Crippen LogP contribution in [0.4, 0.5) is 5.69 Å². The fraction of sp³-hybridized carbons (Fsp3) is 0.176. The van der Waals surface area contributed by atoms with Crippen LogP contribution in [0, 0.1) is 13.8 Å². The molecule has 5 nitrogen and oxygen atoms in total. The number of amides is 1. The Labute approximate surface area is 127 Å². The van der Waals surface area contributed by atoms with E-state index < -0.39 is 0 Å². The van der Waals surface area contributed by atoms with Crippen molar-refractivity contribution in [3.8, 4) is 5.75 Å². The maximum atomic E-state index is 11.9. The summed E-state index contributed by atoms with van der Waals surface area (Å²) in [6.45, 7) is 3.71.